The standard InChI is InChI=1S/C18H20ClN4.Na/c1-12-15(3-2-4-16(12)19)17(21)11-18(22)23-10-9-13-5-7-14(20)8-6-13;/h2-8,11,21H,9-10,20H2,1H3,(H2,22,23);/q-1;+1/b17-11-;. The molecule has 0 fully saturated rings. The van der Waals surface area contributed by atoms with Crippen LogP contribution in [-0.2, 0) is 6.42 Å². The van der Waals surface area contributed by atoms with Gasteiger partial charge in [-0.05, 0) is 54.3 Å². The maximum atomic E-state index is 8.13. The van der Waals surface area contributed by atoms with Crippen LogP contribution < -0.4 is 41.0 Å². The number of aliphatic imine (C=N–C) groups is 1. The Morgan fingerprint density at radius 2 is 1.88 bits per heavy atom. The second kappa shape index (κ2) is 9.74. The van der Waals surface area contributed by atoms with E-state index >= 15 is 0 Å². The van der Waals surface area contributed by atoms with Gasteiger partial charge in [-0.2, -0.15) is 0 Å². The van der Waals surface area contributed by atoms with Crippen molar-refractivity contribution in [3.8, 4) is 0 Å². The molecule has 24 heavy (non-hydrogen) atoms. The third-order valence-electron chi connectivity index (χ3n) is 3.52. The minimum absolute atomic E-state index is 0. The predicted octanol–water partition coefficient (Wildman–Crippen LogP) is 1.23. The first-order chi connectivity index (χ1) is 11.0. The van der Waals surface area contributed by atoms with E-state index in [4.69, 9.17) is 28.8 Å². The molecule has 5 N–H and O–H groups in total. The molecule has 0 atom stereocenters. The van der Waals surface area contributed by atoms with E-state index in [0.29, 0.717) is 23.1 Å². The molecule has 0 amide bonds. The van der Waals surface area contributed by atoms with Crippen LogP contribution in [0.2, 0.25) is 5.02 Å². The van der Waals surface area contributed by atoms with Gasteiger partial charge in [-0.3, -0.25) is 4.99 Å². The van der Waals surface area contributed by atoms with Crippen molar-refractivity contribution < 1.29 is 29.6 Å². The van der Waals surface area contributed by atoms with Gasteiger partial charge in [0.25, 0.3) is 0 Å². The first kappa shape index (κ1) is 20.6. The molecule has 0 aliphatic carbocycles. The number of nitrogens with zero attached hydrogens (tertiary/aromatic N) is 1. The second-order valence-corrected chi connectivity index (χ2v) is 5.68. The van der Waals surface area contributed by atoms with Gasteiger partial charge in [0.15, 0.2) is 0 Å². The summed E-state index contributed by atoms with van der Waals surface area (Å²) in [5, 5.41) is 0.638. The Bertz CT molecular complexity index is 739. The van der Waals surface area contributed by atoms with Crippen molar-refractivity contribution in [3.05, 3.63) is 76.0 Å². The molecule has 2 rings (SSSR count). The maximum absolute atomic E-state index is 8.13. The summed E-state index contributed by atoms with van der Waals surface area (Å²) in [5.74, 6) is 0.338. The Kier molecular flexibility index (Phi) is 8.36. The third-order valence-corrected chi connectivity index (χ3v) is 3.93. The first-order valence-electron chi connectivity index (χ1n) is 7.30. The second-order valence-electron chi connectivity index (χ2n) is 5.27. The van der Waals surface area contributed by atoms with E-state index < -0.39 is 0 Å². The molecule has 0 aliphatic heterocycles. The van der Waals surface area contributed by atoms with Crippen LogP contribution in [0.1, 0.15) is 16.7 Å². The van der Waals surface area contributed by atoms with Crippen molar-refractivity contribution in [1.29, 1.82) is 0 Å². The van der Waals surface area contributed by atoms with E-state index in [1.807, 2.05) is 43.3 Å². The van der Waals surface area contributed by atoms with Gasteiger partial charge in [-0.1, -0.05) is 35.9 Å². The Morgan fingerprint density at radius 3 is 2.54 bits per heavy atom. The van der Waals surface area contributed by atoms with Crippen molar-refractivity contribution in [2.24, 2.45) is 10.7 Å². The summed E-state index contributed by atoms with van der Waals surface area (Å²) in [6, 6.07) is 13.2. The Hall–Kier alpha value is -1.46. The molecule has 0 bridgehead atoms. The van der Waals surface area contributed by atoms with Gasteiger partial charge in [0.05, 0.1) is 0 Å². The minimum Gasteiger partial charge on any atom is -0.698 e. The Labute approximate surface area is 170 Å². The molecule has 0 unspecified atom stereocenters. The number of nitrogens with two attached hydrogens (primary N) is 2. The average Bonchev–Trinajstić information content (AvgIpc) is 2.52. The molecule has 0 aliphatic rings. The number of halogens is 1. The number of nitrogens with one attached hydrogen (secondary N) is 1. The van der Waals surface area contributed by atoms with Crippen molar-refractivity contribution in [1.82, 2.24) is 0 Å². The van der Waals surface area contributed by atoms with Crippen LogP contribution >= 0.6 is 11.6 Å². The smallest absolute Gasteiger partial charge is 0.698 e. The van der Waals surface area contributed by atoms with Gasteiger partial charge in [-0.15, -0.1) is 5.70 Å². The number of benzene rings is 2. The molecular formula is C18H20ClN4Na. The van der Waals surface area contributed by atoms with E-state index in [0.717, 1.165) is 28.8 Å². The molecule has 0 aromatic heterocycles. The van der Waals surface area contributed by atoms with Crippen molar-refractivity contribution in [2.75, 3.05) is 12.3 Å². The van der Waals surface area contributed by atoms with Crippen molar-refractivity contribution >= 4 is 28.8 Å². The normalized spacial score (nSPS) is 11.9. The molecule has 120 valence electrons. The van der Waals surface area contributed by atoms with Crippen molar-refractivity contribution in [2.45, 2.75) is 13.3 Å². The predicted molar refractivity (Wildman–Crippen MR) is 99.5 cm³/mol. The molecular weight excluding hydrogens is 331 g/mol. The molecule has 0 heterocycles. The summed E-state index contributed by atoms with van der Waals surface area (Å²) in [6.07, 6.45) is 2.33. The molecule has 6 heteroatoms. The Morgan fingerprint density at radius 1 is 1.21 bits per heavy atom. The summed E-state index contributed by atoms with van der Waals surface area (Å²) in [6.45, 7) is 2.45. The van der Waals surface area contributed by atoms with Crippen LogP contribution in [0, 0.1) is 6.92 Å². The van der Waals surface area contributed by atoms with Gasteiger partial charge in [0.1, 0.15) is 5.84 Å². The maximum Gasteiger partial charge on any atom is 1.00 e. The number of anilines is 1. The molecule has 0 spiro atoms. The van der Waals surface area contributed by atoms with Gasteiger partial charge < -0.3 is 17.2 Å². The largest absolute Gasteiger partial charge is 1.00 e. The zero-order chi connectivity index (χ0) is 16.8. The van der Waals surface area contributed by atoms with E-state index in [-0.39, 0.29) is 29.6 Å². The molecule has 2 aromatic rings. The van der Waals surface area contributed by atoms with Gasteiger partial charge >= 0.3 is 29.6 Å². The van der Waals surface area contributed by atoms with Gasteiger partial charge in [0.2, 0.25) is 0 Å². The number of nitrogen functional groups attached to an aromatic ring is 1. The molecule has 0 radical (unpaired) electrons. The molecule has 2 aromatic carbocycles. The topological polar surface area (TPSA) is 88.2 Å². The van der Waals surface area contributed by atoms with E-state index in [2.05, 4.69) is 4.99 Å². The van der Waals surface area contributed by atoms with Gasteiger partial charge in [0, 0.05) is 17.3 Å². The van der Waals surface area contributed by atoms with Crippen LogP contribution in [0.3, 0.4) is 0 Å². The number of amidine groups is 1. The molecule has 0 saturated heterocycles. The summed E-state index contributed by atoms with van der Waals surface area (Å²) >= 11 is 6.08. The first-order valence-corrected chi connectivity index (χ1v) is 7.68. The summed E-state index contributed by atoms with van der Waals surface area (Å²) in [5.41, 5.74) is 23.5. The molecule has 0 saturated carbocycles. The zero-order valence-electron chi connectivity index (χ0n) is 14.0. The summed E-state index contributed by atoms with van der Waals surface area (Å²) in [4.78, 5) is 4.29. The number of rotatable bonds is 5. The van der Waals surface area contributed by atoms with Gasteiger partial charge in [-0.25, -0.2) is 0 Å². The van der Waals surface area contributed by atoms with E-state index in [9.17, 15) is 0 Å². The fourth-order valence-corrected chi connectivity index (χ4v) is 2.34. The van der Waals surface area contributed by atoms with E-state index in [1.54, 1.807) is 12.1 Å². The quantitative estimate of drug-likeness (QED) is 0.367. The fourth-order valence-electron chi connectivity index (χ4n) is 2.17. The third kappa shape index (κ3) is 5.87. The van der Waals surface area contributed by atoms with Crippen LogP contribution in [-0.4, -0.2) is 12.4 Å². The summed E-state index contributed by atoms with van der Waals surface area (Å²) < 4.78 is 0. The zero-order valence-corrected chi connectivity index (χ0v) is 16.8. The number of hydrogen-bond donors (Lipinski definition) is 2. The average molecular weight is 351 g/mol. The minimum atomic E-state index is 0. The van der Waals surface area contributed by atoms with Crippen LogP contribution in [0.4, 0.5) is 5.69 Å². The molecule has 4 nitrogen and oxygen atoms in total. The van der Waals surface area contributed by atoms with Crippen LogP contribution in [0.5, 0.6) is 0 Å². The fraction of sp³-hybridized carbons (Fsp3) is 0.167. The monoisotopic (exact) mass is 350 g/mol. The Balaban J connectivity index is 0.00000288. The SMILES string of the molecule is Cc1c(Cl)cccc1/C([NH-])=C/C(N)=NCCc1ccc(N)cc1.[Na+]. The summed E-state index contributed by atoms with van der Waals surface area (Å²) in [7, 11) is 0. The van der Waals surface area contributed by atoms with E-state index in [1.165, 1.54) is 0 Å². The van der Waals surface area contributed by atoms with Crippen LogP contribution in [0.15, 0.2) is 53.5 Å². The van der Waals surface area contributed by atoms with Crippen LogP contribution in [0.25, 0.3) is 11.4 Å². The number of hydrogen-bond acceptors (Lipinski definition) is 2. The van der Waals surface area contributed by atoms with Crippen molar-refractivity contribution in [3.63, 3.8) is 0 Å².